The second-order valence-electron chi connectivity index (χ2n) is 10.8. The summed E-state index contributed by atoms with van der Waals surface area (Å²) >= 11 is 0. The van der Waals surface area contributed by atoms with E-state index >= 15 is 0 Å². The number of carbonyl (C=O) groups is 3. The molecule has 2 aromatic rings. The Labute approximate surface area is 230 Å². The number of aromatic nitrogens is 1. The van der Waals surface area contributed by atoms with Crippen LogP contribution in [0, 0.1) is 11.8 Å². The number of hydrogen-bond donors (Lipinski definition) is 5. The predicted molar refractivity (Wildman–Crippen MR) is 143 cm³/mol. The van der Waals surface area contributed by atoms with Gasteiger partial charge in [0.2, 0.25) is 11.7 Å². The number of phenolic OH excluding ortho intramolecular Hbond substituents is 1. The summed E-state index contributed by atoms with van der Waals surface area (Å²) in [7, 11) is 3.97. The molecule has 210 valence electrons. The molecular formula is C29H31N3O8. The monoisotopic (exact) mass is 549 g/mol. The van der Waals surface area contributed by atoms with Gasteiger partial charge in [-0.15, -0.1) is 0 Å². The molecule has 6 N–H and O–H groups in total. The largest absolute Gasteiger partial charge is 0.508 e. The summed E-state index contributed by atoms with van der Waals surface area (Å²) in [5.41, 5.74) is 3.64. The van der Waals surface area contributed by atoms with Crippen molar-refractivity contribution >= 4 is 23.2 Å². The second kappa shape index (κ2) is 10.1. The Bertz CT molecular complexity index is 1480. The van der Waals surface area contributed by atoms with Crippen LogP contribution in [0.5, 0.6) is 11.6 Å². The Hall–Kier alpha value is -4.22. The van der Waals surface area contributed by atoms with Gasteiger partial charge in [-0.3, -0.25) is 14.4 Å². The topological polar surface area (TPSA) is 184 Å². The maximum absolute atomic E-state index is 13.6. The summed E-state index contributed by atoms with van der Waals surface area (Å²) in [6, 6.07) is 6.64. The van der Waals surface area contributed by atoms with Crippen molar-refractivity contribution in [3.8, 4) is 22.8 Å². The third-order valence-electron chi connectivity index (χ3n) is 7.99. The molecule has 0 aliphatic heterocycles. The first kappa shape index (κ1) is 27.4. The fourth-order valence-corrected chi connectivity index (χ4v) is 6.07. The number of aliphatic hydroxyl groups excluding tert-OH is 2. The zero-order valence-electron chi connectivity index (χ0n) is 22.2. The molecule has 11 heteroatoms. The lowest BCUT2D eigenvalue weighted by Gasteiger charge is -2.46. The first-order valence-electron chi connectivity index (χ1n) is 13.0. The van der Waals surface area contributed by atoms with Crippen LogP contribution in [0.15, 0.2) is 47.4 Å². The number of rotatable bonds is 7. The molecule has 0 saturated heterocycles. The number of carbonyl (C=O) groups excluding carboxylic acids is 3. The highest BCUT2D eigenvalue weighted by Gasteiger charge is 2.60. The summed E-state index contributed by atoms with van der Waals surface area (Å²) in [5.74, 6) is -6.10. The van der Waals surface area contributed by atoms with E-state index in [0.29, 0.717) is 29.2 Å². The maximum atomic E-state index is 13.6. The van der Waals surface area contributed by atoms with Crippen LogP contribution in [0.4, 0.5) is 0 Å². The van der Waals surface area contributed by atoms with Crippen LogP contribution < -0.4 is 10.5 Å². The molecule has 0 unspecified atom stereocenters. The quantitative estimate of drug-likeness (QED) is 0.252. The molecule has 3 aliphatic rings. The third-order valence-corrected chi connectivity index (χ3v) is 7.99. The molecule has 1 aromatic carbocycles. The van der Waals surface area contributed by atoms with Gasteiger partial charge in [-0.25, -0.2) is 4.98 Å². The minimum absolute atomic E-state index is 0.0358. The van der Waals surface area contributed by atoms with Gasteiger partial charge in [0.15, 0.2) is 11.4 Å². The van der Waals surface area contributed by atoms with E-state index in [9.17, 15) is 34.8 Å². The average Bonchev–Trinajstić information content (AvgIpc) is 2.89. The van der Waals surface area contributed by atoms with E-state index in [-0.39, 0.29) is 36.1 Å². The number of aliphatic hydroxyl groups is 3. The molecule has 0 radical (unpaired) electrons. The molecule has 1 heterocycles. The van der Waals surface area contributed by atoms with Crippen molar-refractivity contribution < 1.29 is 39.5 Å². The third kappa shape index (κ3) is 4.31. The fraction of sp³-hybridized carbons (Fsp3) is 0.379. The molecule has 1 saturated carbocycles. The number of nitrogens with two attached hydrogens (primary N) is 1. The van der Waals surface area contributed by atoms with Crippen molar-refractivity contribution in [3.05, 3.63) is 58.5 Å². The highest BCUT2D eigenvalue weighted by Crippen LogP contribution is 2.53. The zero-order valence-corrected chi connectivity index (χ0v) is 22.2. The van der Waals surface area contributed by atoms with Crippen molar-refractivity contribution in [3.63, 3.8) is 0 Å². The van der Waals surface area contributed by atoms with Gasteiger partial charge >= 0.3 is 0 Å². The summed E-state index contributed by atoms with van der Waals surface area (Å²) in [4.78, 5) is 44.4. The van der Waals surface area contributed by atoms with Crippen LogP contribution in [0.25, 0.3) is 16.9 Å². The molecule has 1 amide bonds. The number of ether oxygens (including phenoxy) is 1. The number of benzene rings is 1. The highest BCUT2D eigenvalue weighted by molar-refractivity contribution is 6.22. The SMILES string of the molecule is CN(C)CCCOc1ccc(-c2ccc(O)c3c2C[C@H]2C[C@H]4CC(=O)C(C(N)=O)=C(O)[C@@]4(O)C(=O)C2=C3O)cn1. The molecule has 0 spiro atoms. The molecule has 40 heavy (non-hydrogen) atoms. The van der Waals surface area contributed by atoms with Crippen LogP contribution in [0.3, 0.4) is 0 Å². The van der Waals surface area contributed by atoms with Gasteiger partial charge in [-0.2, -0.15) is 0 Å². The van der Waals surface area contributed by atoms with Crippen LogP contribution in [-0.2, 0) is 20.8 Å². The minimum Gasteiger partial charge on any atom is -0.508 e. The molecular weight excluding hydrogens is 518 g/mol. The number of hydrogen-bond acceptors (Lipinski definition) is 10. The lowest BCUT2D eigenvalue weighted by molar-refractivity contribution is -0.147. The van der Waals surface area contributed by atoms with Crippen molar-refractivity contribution in [2.24, 2.45) is 17.6 Å². The Morgan fingerprint density at radius 1 is 1.15 bits per heavy atom. The standard InChI is InChI=1S/C29H31N3O8/c1-32(2)8-3-9-40-21-7-4-14(13-31-21)17-5-6-19(33)23-18(17)11-15-10-16-12-20(34)24(28(30)38)27(37)29(16,39)26(36)22(15)25(23)35/h4-7,13,15-16,33,35,37,39H,3,8-12H2,1-2H3,(H2,30,38)/t15-,16+,29+/m1/s1. The summed E-state index contributed by atoms with van der Waals surface area (Å²) < 4.78 is 5.71. The van der Waals surface area contributed by atoms with Gasteiger partial charge in [0, 0.05) is 42.3 Å². The Morgan fingerprint density at radius 2 is 1.90 bits per heavy atom. The number of nitrogens with zero attached hydrogens (tertiary/aromatic N) is 2. The summed E-state index contributed by atoms with van der Waals surface area (Å²) in [6.07, 6.45) is 2.38. The van der Waals surface area contributed by atoms with E-state index < -0.39 is 52.0 Å². The second-order valence-corrected chi connectivity index (χ2v) is 10.8. The number of ketones is 2. The molecule has 1 aromatic heterocycles. The number of phenols is 1. The number of Topliss-reactive ketones (excluding diaryl/α,β-unsaturated/α-hetero) is 2. The predicted octanol–water partition coefficient (Wildman–Crippen LogP) is 1.82. The van der Waals surface area contributed by atoms with Gasteiger partial charge in [0.05, 0.1) is 12.2 Å². The fourth-order valence-electron chi connectivity index (χ4n) is 6.07. The Kier molecular flexibility index (Phi) is 6.89. The first-order chi connectivity index (χ1) is 18.9. The van der Waals surface area contributed by atoms with E-state index in [1.165, 1.54) is 6.07 Å². The van der Waals surface area contributed by atoms with Gasteiger partial charge in [0.25, 0.3) is 5.91 Å². The van der Waals surface area contributed by atoms with Crippen molar-refractivity contribution in [2.75, 3.05) is 27.2 Å². The van der Waals surface area contributed by atoms with E-state index in [4.69, 9.17) is 10.5 Å². The van der Waals surface area contributed by atoms with Crippen molar-refractivity contribution in [2.45, 2.75) is 31.3 Å². The molecule has 3 atom stereocenters. The molecule has 0 bridgehead atoms. The number of amides is 1. The Morgan fingerprint density at radius 3 is 2.55 bits per heavy atom. The van der Waals surface area contributed by atoms with Crippen LogP contribution in [-0.4, -0.2) is 80.6 Å². The lowest BCUT2D eigenvalue weighted by Crippen LogP contribution is -2.58. The van der Waals surface area contributed by atoms with Gasteiger partial charge < -0.3 is 35.8 Å². The van der Waals surface area contributed by atoms with E-state index in [0.717, 1.165) is 13.0 Å². The Balaban J connectivity index is 1.52. The van der Waals surface area contributed by atoms with Gasteiger partial charge in [-0.1, -0.05) is 6.07 Å². The summed E-state index contributed by atoms with van der Waals surface area (Å²) in [5, 5.41) is 44.0. The highest BCUT2D eigenvalue weighted by atomic mass is 16.5. The van der Waals surface area contributed by atoms with Gasteiger partial charge in [-0.05, 0) is 62.5 Å². The van der Waals surface area contributed by atoms with Gasteiger partial charge in [0.1, 0.15) is 22.8 Å². The molecule has 5 rings (SSSR count). The van der Waals surface area contributed by atoms with Crippen LogP contribution >= 0.6 is 0 Å². The average molecular weight is 550 g/mol. The number of fused-ring (bicyclic) bond motifs is 3. The van der Waals surface area contributed by atoms with E-state index in [1.807, 2.05) is 20.2 Å². The number of aromatic hydroxyl groups is 1. The van der Waals surface area contributed by atoms with Crippen LogP contribution in [0.1, 0.15) is 30.4 Å². The number of pyridine rings is 1. The summed E-state index contributed by atoms with van der Waals surface area (Å²) in [6.45, 7) is 1.40. The minimum atomic E-state index is -2.59. The van der Waals surface area contributed by atoms with Crippen molar-refractivity contribution in [1.82, 2.24) is 9.88 Å². The molecule has 11 nitrogen and oxygen atoms in total. The van der Waals surface area contributed by atoms with E-state index in [1.54, 1.807) is 18.3 Å². The van der Waals surface area contributed by atoms with Crippen LogP contribution in [0.2, 0.25) is 0 Å². The molecule has 1 fully saturated rings. The normalized spacial score (nSPS) is 24.1. The first-order valence-corrected chi connectivity index (χ1v) is 13.0. The smallest absolute Gasteiger partial charge is 0.255 e. The number of primary amides is 1. The van der Waals surface area contributed by atoms with E-state index in [2.05, 4.69) is 9.88 Å². The zero-order chi connectivity index (χ0) is 28.9. The molecule has 3 aliphatic carbocycles. The maximum Gasteiger partial charge on any atom is 0.255 e. The van der Waals surface area contributed by atoms with Crippen molar-refractivity contribution in [1.29, 1.82) is 0 Å². The lowest BCUT2D eigenvalue weighted by atomic mass is 9.59.